The monoisotopic (exact) mass is 326 g/mol. The minimum absolute atomic E-state index is 0.0815. The molecule has 1 fully saturated rings. The molecule has 2 aromatic rings. The van der Waals surface area contributed by atoms with Crippen LogP contribution in [-0.2, 0) is 0 Å². The van der Waals surface area contributed by atoms with Crippen LogP contribution in [0.1, 0.15) is 36.7 Å². The summed E-state index contributed by atoms with van der Waals surface area (Å²) in [5.41, 5.74) is 0.376. The zero-order valence-electron chi connectivity index (χ0n) is 13.8. The largest absolute Gasteiger partial charge is 0.457 e. The summed E-state index contributed by atoms with van der Waals surface area (Å²) in [4.78, 5) is 18.8. The Morgan fingerprint density at radius 1 is 1.33 bits per heavy atom. The van der Waals surface area contributed by atoms with E-state index in [1.807, 2.05) is 35.2 Å². The molecule has 0 radical (unpaired) electrons. The van der Waals surface area contributed by atoms with E-state index in [-0.39, 0.29) is 11.9 Å². The Kier molecular flexibility index (Phi) is 5.11. The third-order valence-corrected chi connectivity index (χ3v) is 4.18. The molecule has 2 atom stereocenters. The Morgan fingerprint density at radius 2 is 2.12 bits per heavy atom. The molecule has 0 saturated carbocycles. The number of aliphatic hydroxyl groups is 1. The van der Waals surface area contributed by atoms with Crippen LogP contribution in [0.5, 0.6) is 11.5 Å². The molecule has 24 heavy (non-hydrogen) atoms. The number of aliphatic hydroxyl groups excluding tert-OH is 1. The predicted octanol–water partition coefficient (Wildman–Crippen LogP) is 3.25. The number of likely N-dealkylation sites (tertiary alicyclic amines) is 1. The number of rotatable bonds is 5. The van der Waals surface area contributed by atoms with Crippen LogP contribution in [0, 0.1) is 0 Å². The Bertz CT molecular complexity index is 688. The molecule has 5 heteroatoms. The molecule has 0 spiro atoms. The molecule has 1 aliphatic rings. The Hall–Kier alpha value is -2.40. The molecule has 1 amide bonds. The van der Waals surface area contributed by atoms with Crippen LogP contribution in [0.25, 0.3) is 0 Å². The number of pyridine rings is 1. The second-order valence-electron chi connectivity index (χ2n) is 6.17. The van der Waals surface area contributed by atoms with Gasteiger partial charge in [0, 0.05) is 24.8 Å². The van der Waals surface area contributed by atoms with Crippen molar-refractivity contribution in [2.45, 2.75) is 38.3 Å². The van der Waals surface area contributed by atoms with Crippen LogP contribution in [0.4, 0.5) is 0 Å². The van der Waals surface area contributed by atoms with Crippen molar-refractivity contribution in [3.05, 3.63) is 54.4 Å². The van der Waals surface area contributed by atoms with E-state index >= 15 is 0 Å². The molecule has 1 aromatic carbocycles. The van der Waals surface area contributed by atoms with E-state index < -0.39 is 6.10 Å². The fraction of sp³-hybridized carbons (Fsp3) is 0.368. The van der Waals surface area contributed by atoms with Gasteiger partial charge in [-0.05, 0) is 44.4 Å². The molecule has 0 aliphatic carbocycles. The van der Waals surface area contributed by atoms with Gasteiger partial charge in [0.25, 0.3) is 5.91 Å². The maximum absolute atomic E-state index is 12.8. The van der Waals surface area contributed by atoms with Gasteiger partial charge in [-0.25, -0.2) is 0 Å². The van der Waals surface area contributed by atoms with Gasteiger partial charge in [0.2, 0.25) is 0 Å². The minimum Gasteiger partial charge on any atom is -0.457 e. The summed E-state index contributed by atoms with van der Waals surface area (Å²) in [6.07, 6.45) is 3.67. The van der Waals surface area contributed by atoms with Gasteiger partial charge in [-0.1, -0.05) is 18.2 Å². The van der Waals surface area contributed by atoms with Gasteiger partial charge in [-0.2, -0.15) is 0 Å². The third-order valence-electron chi connectivity index (χ3n) is 4.18. The number of amides is 1. The van der Waals surface area contributed by atoms with Gasteiger partial charge in [-0.3, -0.25) is 9.78 Å². The number of para-hydroxylation sites is 1. The van der Waals surface area contributed by atoms with Gasteiger partial charge in [0.15, 0.2) is 0 Å². The number of hydrogen-bond acceptors (Lipinski definition) is 4. The quantitative estimate of drug-likeness (QED) is 0.916. The number of benzene rings is 1. The summed E-state index contributed by atoms with van der Waals surface area (Å²) in [6, 6.07) is 12.9. The zero-order chi connectivity index (χ0) is 16.9. The van der Waals surface area contributed by atoms with Crippen LogP contribution < -0.4 is 4.74 Å². The number of carbonyl (C=O) groups is 1. The van der Waals surface area contributed by atoms with E-state index in [1.54, 1.807) is 25.3 Å². The summed E-state index contributed by atoms with van der Waals surface area (Å²) < 4.78 is 5.77. The van der Waals surface area contributed by atoms with E-state index in [0.717, 1.165) is 18.6 Å². The Labute approximate surface area is 141 Å². The van der Waals surface area contributed by atoms with Crippen LogP contribution >= 0.6 is 0 Å². The maximum atomic E-state index is 12.8. The van der Waals surface area contributed by atoms with Gasteiger partial charge in [-0.15, -0.1) is 0 Å². The highest BCUT2D eigenvalue weighted by Gasteiger charge is 2.30. The average molecular weight is 326 g/mol. The first-order chi connectivity index (χ1) is 11.6. The van der Waals surface area contributed by atoms with Crippen molar-refractivity contribution in [1.29, 1.82) is 0 Å². The first kappa shape index (κ1) is 16.5. The SMILES string of the molecule is CC(O)CC1CCCN1C(=O)c1cc(Oc2ccccc2)ccn1. The second-order valence-corrected chi connectivity index (χ2v) is 6.17. The molecule has 1 aromatic heterocycles. The van der Waals surface area contributed by atoms with Crippen molar-refractivity contribution < 1.29 is 14.6 Å². The van der Waals surface area contributed by atoms with Crippen LogP contribution in [0.2, 0.25) is 0 Å². The average Bonchev–Trinajstić information content (AvgIpc) is 3.02. The van der Waals surface area contributed by atoms with Crippen molar-refractivity contribution >= 4 is 5.91 Å². The molecule has 3 rings (SSSR count). The normalized spacial score (nSPS) is 18.4. The Balaban J connectivity index is 1.74. The second kappa shape index (κ2) is 7.45. The lowest BCUT2D eigenvalue weighted by molar-refractivity contribution is 0.0676. The number of aromatic nitrogens is 1. The minimum atomic E-state index is -0.413. The molecular formula is C19H22N2O3. The molecule has 1 N–H and O–H groups in total. The summed E-state index contributed by atoms with van der Waals surface area (Å²) in [5, 5.41) is 9.62. The van der Waals surface area contributed by atoms with E-state index in [9.17, 15) is 9.90 Å². The van der Waals surface area contributed by atoms with Crippen molar-refractivity contribution in [3.63, 3.8) is 0 Å². The highest BCUT2D eigenvalue weighted by Crippen LogP contribution is 2.25. The van der Waals surface area contributed by atoms with Crippen molar-refractivity contribution in [3.8, 4) is 11.5 Å². The van der Waals surface area contributed by atoms with Crippen molar-refractivity contribution in [1.82, 2.24) is 9.88 Å². The van der Waals surface area contributed by atoms with E-state index in [0.29, 0.717) is 24.4 Å². The summed E-state index contributed by atoms with van der Waals surface area (Å²) in [6.45, 7) is 2.47. The standard InChI is InChI=1S/C19H22N2O3/c1-14(22)12-15-6-5-11-21(15)19(23)18-13-17(9-10-20-18)24-16-7-3-2-4-8-16/h2-4,7-10,13-15,22H,5-6,11-12H2,1H3. The fourth-order valence-corrected chi connectivity index (χ4v) is 3.11. The van der Waals surface area contributed by atoms with Gasteiger partial charge < -0.3 is 14.7 Å². The molecule has 1 saturated heterocycles. The molecule has 0 bridgehead atoms. The molecule has 2 heterocycles. The highest BCUT2D eigenvalue weighted by atomic mass is 16.5. The molecule has 2 unspecified atom stereocenters. The molecule has 126 valence electrons. The van der Waals surface area contributed by atoms with E-state index in [4.69, 9.17) is 4.74 Å². The lowest BCUT2D eigenvalue weighted by Crippen LogP contribution is -2.37. The van der Waals surface area contributed by atoms with E-state index in [2.05, 4.69) is 4.98 Å². The number of nitrogens with zero attached hydrogens (tertiary/aromatic N) is 2. The molecule has 1 aliphatic heterocycles. The highest BCUT2D eigenvalue weighted by molar-refractivity contribution is 5.93. The Morgan fingerprint density at radius 3 is 2.88 bits per heavy atom. The summed E-state index contributed by atoms with van der Waals surface area (Å²) in [7, 11) is 0. The lowest BCUT2D eigenvalue weighted by atomic mass is 10.1. The maximum Gasteiger partial charge on any atom is 0.272 e. The van der Waals surface area contributed by atoms with Crippen molar-refractivity contribution in [2.24, 2.45) is 0 Å². The van der Waals surface area contributed by atoms with Crippen LogP contribution in [0.3, 0.4) is 0 Å². The number of ether oxygens (including phenoxy) is 1. The first-order valence-corrected chi connectivity index (χ1v) is 8.31. The predicted molar refractivity (Wildman–Crippen MR) is 91.1 cm³/mol. The molecular weight excluding hydrogens is 304 g/mol. The fourth-order valence-electron chi connectivity index (χ4n) is 3.11. The van der Waals surface area contributed by atoms with E-state index in [1.165, 1.54) is 0 Å². The zero-order valence-corrected chi connectivity index (χ0v) is 13.8. The van der Waals surface area contributed by atoms with Gasteiger partial charge in [0.05, 0.1) is 6.10 Å². The van der Waals surface area contributed by atoms with Crippen LogP contribution in [-0.4, -0.2) is 39.6 Å². The number of carbonyl (C=O) groups excluding carboxylic acids is 1. The molecule has 5 nitrogen and oxygen atoms in total. The number of hydrogen-bond donors (Lipinski definition) is 1. The first-order valence-electron chi connectivity index (χ1n) is 8.31. The van der Waals surface area contributed by atoms with Crippen LogP contribution in [0.15, 0.2) is 48.7 Å². The lowest BCUT2D eigenvalue weighted by Gasteiger charge is -2.25. The van der Waals surface area contributed by atoms with Gasteiger partial charge >= 0.3 is 0 Å². The van der Waals surface area contributed by atoms with Crippen molar-refractivity contribution in [2.75, 3.05) is 6.54 Å². The summed E-state index contributed by atoms with van der Waals surface area (Å²) >= 11 is 0. The summed E-state index contributed by atoms with van der Waals surface area (Å²) in [5.74, 6) is 1.21. The van der Waals surface area contributed by atoms with Gasteiger partial charge in [0.1, 0.15) is 17.2 Å². The third kappa shape index (κ3) is 3.92. The smallest absolute Gasteiger partial charge is 0.272 e. The topological polar surface area (TPSA) is 62.7 Å².